The van der Waals surface area contributed by atoms with Crippen LogP contribution in [0.1, 0.15) is 27.4 Å². The van der Waals surface area contributed by atoms with Gasteiger partial charge in [-0.3, -0.25) is 19.9 Å². The van der Waals surface area contributed by atoms with Gasteiger partial charge < -0.3 is 19.2 Å². The van der Waals surface area contributed by atoms with Crippen molar-refractivity contribution in [3.05, 3.63) is 106 Å². The highest BCUT2D eigenvalue weighted by atomic mass is 16.6. The zero-order chi connectivity index (χ0) is 24.1. The maximum Gasteiger partial charge on any atom is 0.291 e. The molecule has 2 heterocycles. The number of rotatable bonds is 8. The summed E-state index contributed by atoms with van der Waals surface area (Å²) in [5.74, 6) is 1.22. The van der Waals surface area contributed by atoms with Gasteiger partial charge in [0.1, 0.15) is 29.6 Å². The molecule has 2 aromatic carbocycles. The lowest BCUT2D eigenvalue weighted by atomic mass is 10.1. The molecule has 4 rings (SSSR count). The van der Waals surface area contributed by atoms with E-state index in [1.54, 1.807) is 24.4 Å². The normalized spacial score (nSPS) is 10.5. The molecule has 4 aromatic rings. The van der Waals surface area contributed by atoms with Crippen LogP contribution in [-0.2, 0) is 6.61 Å². The summed E-state index contributed by atoms with van der Waals surface area (Å²) in [7, 11) is 0. The van der Waals surface area contributed by atoms with E-state index in [-0.39, 0.29) is 29.5 Å². The Hall–Kier alpha value is -4.66. The third kappa shape index (κ3) is 5.57. The number of nitrogens with one attached hydrogen (secondary N) is 1. The van der Waals surface area contributed by atoms with Crippen LogP contribution >= 0.6 is 0 Å². The summed E-state index contributed by atoms with van der Waals surface area (Å²) in [5.41, 5.74) is 2.22. The minimum atomic E-state index is -0.569. The van der Waals surface area contributed by atoms with Gasteiger partial charge in [-0.05, 0) is 61.4 Å². The number of hydrogen-bond donors (Lipinski definition) is 1. The highest BCUT2D eigenvalue weighted by molar-refractivity contribution is 6.02. The van der Waals surface area contributed by atoms with Crippen LogP contribution in [0.15, 0.2) is 77.5 Å². The van der Waals surface area contributed by atoms with Crippen LogP contribution in [0.3, 0.4) is 0 Å². The molecule has 0 unspecified atom stereocenters. The molecule has 0 aliphatic carbocycles. The number of aromatic nitrogens is 1. The molecule has 2 aromatic heterocycles. The van der Waals surface area contributed by atoms with Crippen molar-refractivity contribution in [1.29, 1.82) is 0 Å². The largest absolute Gasteiger partial charge is 0.486 e. The number of nitro benzene ring substituents is 1. The first-order valence-electron chi connectivity index (χ1n) is 10.3. The summed E-state index contributed by atoms with van der Waals surface area (Å²) in [5, 5.41) is 13.9. The second kappa shape index (κ2) is 9.86. The van der Waals surface area contributed by atoms with Gasteiger partial charge in [0.15, 0.2) is 5.76 Å². The van der Waals surface area contributed by atoms with Crippen LogP contribution in [0.25, 0.3) is 0 Å². The molecule has 9 nitrogen and oxygen atoms in total. The number of nitro groups is 1. The fraction of sp³-hybridized carbons (Fsp3) is 0.120. The van der Waals surface area contributed by atoms with Crippen LogP contribution in [0.2, 0.25) is 0 Å². The summed E-state index contributed by atoms with van der Waals surface area (Å²) in [6.07, 6.45) is 3.05. The minimum absolute atomic E-state index is 0.0416. The lowest BCUT2D eigenvalue weighted by molar-refractivity contribution is -0.384. The number of anilines is 1. The van der Waals surface area contributed by atoms with E-state index >= 15 is 0 Å². The van der Waals surface area contributed by atoms with Gasteiger partial charge in [0.2, 0.25) is 0 Å². The van der Waals surface area contributed by atoms with Gasteiger partial charge in [-0.15, -0.1) is 0 Å². The van der Waals surface area contributed by atoms with Gasteiger partial charge >= 0.3 is 0 Å². The zero-order valence-electron chi connectivity index (χ0n) is 18.5. The molecule has 0 aliphatic heterocycles. The second-order valence-electron chi connectivity index (χ2n) is 7.52. The quantitative estimate of drug-likeness (QED) is 0.260. The van der Waals surface area contributed by atoms with Crippen LogP contribution in [0.5, 0.6) is 17.2 Å². The lowest BCUT2D eigenvalue weighted by Gasteiger charge is -2.09. The van der Waals surface area contributed by atoms with Crippen molar-refractivity contribution in [3.8, 4) is 17.2 Å². The average molecular weight is 459 g/mol. The SMILES string of the molecule is Cc1ccc(OCc2ccc(C(=O)Nc3cc(Oc4cccnc4)cc([N+](=O)[O-])c3)o2)cc1C. The Balaban J connectivity index is 1.45. The van der Waals surface area contributed by atoms with Crippen molar-refractivity contribution in [2.45, 2.75) is 20.5 Å². The Kier molecular flexibility index (Phi) is 6.54. The van der Waals surface area contributed by atoms with Crippen molar-refractivity contribution in [1.82, 2.24) is 4.98 Å². The average Bonchev–Trinajstić information content (AvgIpc) is 3.30. The molecule has 0 fully saturated rings. The van der Waals surface area contributed by atoms with E-state index in [9.17, 15) is 14.9 Å². The van der Waals surface area contributed by atoms with E-state index in [0.29, 0.717) is 17.3 Å². The molecule has 1 amide bonds. The van der Waals surface area contributed by atoms with Crippen LogP contribution < -0.4 is 14.8 Å². The van der Waals surface area contributed by atoms with Gasteiger partial charge in [0, 0.05) is 18.3 Å². The molecule has 0 bridgehead atoms. The van der Waals surface area contributed by atoms with E-state index in [4.69, 9.17) is 13.9 Å². The van der Waals surface area contributed by atoms with Crippen molar-refractivity contribution >= 4 is 17.3 Å². The molecule has 0 atom stereocenters. The monoisotopic (exact) mass is 459 g/mol. The Bertz CT molecular complexity index is 1330. The molecule has 0 spiro atoms. The summed E-state index contributed by atoms with van der Waals surface area (Å²) in [6, 6.07) is 16.2. The predicted octanol–water partition coefficient (Wildman–Crippen LogP) is 5.82. The summed E-state index contributed by atoms with van der Waals surface area (Å²) in [6.45, 7) is 4.17. The number of aryl methyl sites for hydroxylation is 2. The van der Waals surface area contributed by atoms with Crippen LogP contribution in [0.4, 0.5) is 11.4 Å². The Labute approximate surface area is 195 Å². The predicted molar refractivity (Wildman–Crippen MR) is 124 cm³/mol. The molecule has 9 heteroatoms. The van der Waals surface area contributed by atoms with E-state index in [0.717, 1.165) is 5.56 Å². The molecular weight excluding hydrogens is 438 g/mol. The number of benzene rings is 2. The first-order valence-corrected chi connectivity index (χ1v) is 10.3. The highest BCUT2D eigenvalue weighted by Gasteiger charge is 2.16. The van der Waals surface area contributed by atoms with Gasteiger partial charge in [-0.1, -0.05) is 6.07 Å². The Morgan fingerprint density at radius 2 is 1.88 bits per heavy atom. The maximum atomic E-state index is 12.7. The smallest absolute Gasteiger partial charge is 0.291 e. The first kappa shape index (κ1) is 22.5. The number of pyridine rings is 1. The molecule has 0 saturated heterocycles. The number of ether oxygens (including phenoxy) is 2. The van der Waals surface area contributed by atoms with Gasteiger partial charge in [-0.2, -0.15) is 0 Å². The molecule has 0 radical (unpaired) electrons. The fourth-order valence-electron chi connectivity index (χ4n) is 3.09. The number of carbonyl (C=O) groups is 1. The minimum Gasteiger partial charge on any atom is -0.486 e. The van der Waals surface area contributed by atoms with E-state index in [2.05, 4.69) is 10.3 Å². The van der Waals surface area contributed by atoms with Gasteiger partial charge in [0.25, 0.3) is 11.6 Å². The number of nitrogens with zero attached hydrogens (tertiary/aromatic N) is 2. The molecule has 1 N–H and O–H groups in total. The second-order valence-corrected chi connectivity index (χ2v) is 7.52. The number of non-ortho nitro benzene ring substituents is 1. The summed E-state index contributed by atoms with van der Waals surface area (Å²) >= 11 is 0. The van der Waals surface area contributed by atoms with Gasteiger partial charge in [-0.25, -0.2) is 0 Å². The van der Waals surface area contributed by atoms with E-state index in [1.807, 2.05) is 32.0 Å². The molecule has 0 saturated carbocycles. The summed E-state index contributed by atoms with van der Waals surface area (Å²) in [4.78, 5) is 27.4. The van der Waals surface area contributed by atoms with Gasteiger partial charge in [0.05, 0.1) is 22.9 Å². The third-order valence-corrected chi connectivity index (χ3v) is 4.97. The highest BCUT2D eigenvalue weighted by Crippen LogP contribution is 2.30. The van der Waals surface area contributed by atoms with Crippen molar-refractivity contribution in [2.24, 2.45) is 0 Å². The van der Waals surface area contributed by atoms with Crippen LogP contribution in [0, 0.1) is 24.0 Å². The molecule has 172 valence electrons. The first-order chi connectivity index (χ1) is 16.4. The van der Waals surface area contributed by atoms with Crippen molar-refractivity contribution in [2.75, 3.05) is 5.32 Å². The number of hydrogen-bond acceptors (Lipinski definition) is 7. The van der Waals surface area contributed by atoms with E-state index < -0.39 is 10.8 Å². The fourth-order valence-corrected chi connectivity index (χ4v) is 3.09. The number of furan rings is 1. The standard InChI is InChI=1S/C25H21N3O6/c1-16-5-6-20(10-17(16)2)32-15-22-7-8-24(34-22)25(29)27-18-11-19(28(30)31)13-23(12-18)33-21-4-3-9-26-14-21/h3-14H,15H2,1-2H3,(H,27,29). The molecule has 34 heavy (non-hydrogen) atoms. The zero-order valence-corrected chi connectivity index (χ0v) is 18.5. The van der Waals surface area contributed by atoms with Crippen LogP contribution in [-0.4, -0.2) is 15.8 Å². The number of carbonyl (C=O) groups excluding carboxylic acids is 1. The Morgan fingerprint density at radius 1 is 1.03 bits per heavy atom. The van der Waals surface area contributed by atoms with Crippen molar-refractivity contribution < 1.29 is 23.6 Å². The van der Waals surface area contributed by atoms with E-state index in [1.165, 1.54) is 36.0 Å². The maximum absolute atomic E-state index is 12.7. The lowest BCUT2D eigenvalue weighted by Crippen LogP contribution is -2.11. The molecule has 0 aliphatic rings. The molecular formula is C25H21N3O6. The number of amides is 1. The summed E-state index contributed by atoms with van der Waals surface area (Å²) < 4.78 is 17.0. The topological polar surface area (TPSA) is 117 Å². The third-order valence-electron chi connectivity index (χ3n) is 4.97. The van der Waals surface area contributed by atoms with Crippen molar-refractivity contribution in [3.63, 3.8) is 0 Å². The Morgan fingerprint density at radius 3 is 2.62 bits per heavy atom.